The predicted molar refractivity (Wildman–Crippen MR) is 77.8 cm³/mol. The summed E-state index contributed by atoms with van der Waals surface area (Å²) in [4.78, 5) is 23.8. The molecular weight excluding hydrogens is 252 g/mol. The van der Waals surface area contributed by atoms with Crippen molar-refractivity contribution < 1.29 is 9.59 Å². The van der Waals surface area contributed by atoms with Crippen LogP contribution in [-0.4, -0.2) is 17.4 Å². The Hall–Kier alpha value is -2.75. The summed E-state index contributed by atoms with van der Waals surface area (Å²) in [5, 5.41) is 3.84. The van der Waals surface area contributed by atoms with Crippen molar-refractivity contribution in [2.24, 2.45) is 5.10 Å². The van der Waals surface area contributed by atoms with Crippen molar-refractivity contribution in [3.63, 3.8) is 0 Å². The first-order valence-electron chi connectivity index (χ1n) is 6.18. The summed E-state index contributed by atoms with van der Waals surface area (Å²) in [7, 11) is 0. The van der Waals surface area contributed by atoms with E-state index in [1.807, 2.05) is 12.1 Å². The number of amides is 1. The summed E-state index contributed by atoms with van der Waals surface area (Å²) in [6.45, 7) is 1.57. The highest BCUT2D eigenvalue weighted by Crippen LogP contribution is 2.02. The zero-order chi connectivity index (χ0) is 14.4. The molecule has 0 spiro atoms. The molecule has 2 aromatic carbocycles. The molecule has 2 aromatic rings. The van der Waals surface area contributed by atoms with Crippen molar-refractivity contribution in [2.75, 3.05) is 0 Å². The van der Waals surface area contributed by atoms with E-state index in [0.29, 0.717) is 11.1 Å². The molecule has 0 bridgehead atoms. The van der Waals surface area contributed by atoms with Gasteiger partial charge in [0.05, 0.1) is 0 Å². The third-order valence-electron chi connectivity index (χ3n) is 2.73. The predicted octanol–water partition coefficient (Wildman–Crippen LogP) is 2.68. The van der Waals surface area contributed by atoms with E-state index in [1.165, 1.54) is 0 Å². The number of nitrogens with one attached hydrogen (secondary N) is 1. The summed E-state index contributed by atoms with van der Waals surface area (Å²) in [5.74, 6) is -0.551. The van der Waals surface area contributed by atoms with Crippen LogP contribution in [0.2, 0.25) is 0 Å². The lowest BCUT2D eigenvalue weighted by Gasteiger charge is -2.02. The van der Waals surface area contributed by atoms with Gasteiger partial charge in [0.1, 0.15) is 5.71 Å². The Morgan fingerprint density at radius 2 is 1.35 bits per heavy atom. The number of hydrogen-bond donors (Lipinski definition) is 1. The molecule has 0 aliphatic carbocycles. The second-order valence-corrected chi connectivity index (χ2v) is 4.20. The SMILES string of the molecule is C/C(=N/NC(=O)c1ccccc1)C(=O)c1ccccc1. The number of benzene rings is 2. The van der Waals surface area contributed by atoms with Gasteiger partial charge in [-0.1, -0.05) is 48.5 Å². The second-order valence-electron chi connectivity index (χ2n) is 4.20. The Balaban J connectivity index is 2.05. The molecule has 0 atom stereocenters. The van der Waals surface area contributed by atoms with Crippen molar-refractivity contribution in [3.8, 4) is 0 Å². The highest BCUT2D eigenvalue weighted by atomic mass is 16.2. The van der Waals surface area contributed by atoms with Gasteiger partial charge >= 0.3 is 0 Å². The molecule has 100 valence electrons. The highest BCUT2D eigenvalue weighted by Gasteiger charge is 2.10. The highest BCUT2D eigenvalue weighted by molar-refractivity contribution is 6.45. The van der Waals surface area contributed by atoms with Crippen LogP contribution in [0, 0.1) is 0 Å². The minimum atomic E-state index is -0.342. The maximum atomic E-state index is 12.0. The van der Waals surface area contributed by atoms with Crippen LogP contribution >= 0.6 is 0 Å². The van der Waals surface area contributed by atoms with Gasteiger partial charge in [-0.2, -0.15) is 5.10 Å². The smallest absolute Gasteiger partial charge is 0.271 e. The van der Waals surface area contributed by atoms with Gasteiger partial charge in [0.15, 0.2) is 0 Å². The van der Waals surface area contributed by atoms with Crippen LogP contribution in [0.5, 0.6) is 0 Å². The van der Waals surface area contributed by atoms with E-state index in [0.717, 1.165) is 0 Å². The van der Waals surface area contributed by atoms with Crippen molar-refractivity contribution in [2.45, 2.75) is 6.92 Å². The van der Waals surface area contributed by atoms with Gasteiger partial charge in [0, 0.05) is 11.1 Å². The third kappa shape index (κ3) is 3.38. The normalized spacial score (nSPS) is 10.9. The molecular formula is C16H14N2O2. The van der Waals surface area contributed by atoms with Crippen LogP contribution in [-0.2, 0) is 0 Å². The molecule has 1 amide bonds. The van der Waals surface area contributed by atoms with Crippen LogP contribution in [0.4, 0.5) is 0 Å². The molecule has 0 radical (unpaired) electrons. The van der Waals surface area contributed by atoms with Gasteiger partial charge in [-0.05, 0) is 19.1 Å². The molecule has 4 heteroatoms. The summed E-state index contributed by atoms with van der Waals surface area (Å²) >= 11 is 0. The molecule has 0 heterocycles. The molecule has 0 unspecified atom stereocenters. The van der Waals surface area contributed by atoms with Gasteiger partial charge in [-0.25, -0.2) is 5.43 Å². The quantitative estimate of drug-likeness (QED) is 0.525. The Labute approximate surface area is 117 Å². The van der Waals surface area contributed by atoms with E-state index < -0.39 is 0 Å². The minimum Gasteiger partial charge on any atom is -0.287 e. The molecule has 2 rings (SSSR count). The molecule has 0 fully saturated rings. The van der Waals surface area contributed by atoms with Crippen LogP contribution in [0.25, 0.3) is 0 Å². The summed E-state index contributed by atoms with van der Waals surface area (Å²) in [6, 6.07) is 17.5. The average Bonchev–Trinajstić information content (AvgIpc) is 2.53. The molecule has 0 aromatic heterocycles. The Bertz CT molecular complexity index is 634. The zero-order valence-electron chi connectivity index (χ0n) is 11.0. The fourth-order valence-corrected chi connectivity index (χ4v) is 1.64. The second kappa shape index (κ2) is 6.43. The van der Waals surface area contributed by atoms with Gasteiger partial charge in [0.2, 0.25) is 5.78 Å². The van der Waals surface area contributed by atoms with Gasteiger partial charge in [-0.15, -0.1) is 0 Å². The van der Waals surface area contributed by atoms with E-state index in [2.05, 4.69) is 10.5 Å². The number of rotatable bonds is 4. The van der Waals surface area contributed by atoms with Gasteiger partial charge in [-0.3, -0.25) is 9.59 Å². The Morgan fingerprint density at radius 3 is 1.90 bits per heavy atom. The Morgan fingerprint density at radius 1 is 0.850 bits per heavy atom. The lowest BCUT2D eigenvalue weighted by Crippen LogP contribution is -2.22. The Kier molecular flexibility index (Phi) is 4.39. The molecule has 0 saturated carbocycles. The topological polar surface area (TPSA) is 58.5 Å². The van der Waals surface area contributed by atoms with E-state index in [1.54, 1.807) is 55.5 Å². The standard InChI is InChI=1S/C16H14N2O2/c1-12(15(19)13-8-4-2-5-9-13)17-18-16(20)14-10-6-3-7-11-14/h2-11H,1H3,(H,18,20)/b17-12-. The zero-order valence-corrected chi connectivity index (χ0v) is 11.0. The summed E-state index contributed by atoms with van der Waals surface area (Å²) in [6.07, 6.45) is 0. The fourth-order valence-electron chi connectivity index (χ4n) is 1.64. The number of nitrogens with zero attached hydrogens (tertiary/aromatic N) is 1. The van der Waals surface area contributed by atoms with Crippen LogP contribution in [0.1, 0.15) is 27.6 Å². The molecule has 20 heavy (non-hydrogen) atoms. The van der Waals surface area contributed by atoms with Gasteiger partial charge < -0.3 is 0 Å². The fraction of sp³-hybridized carbons (Fsp3) is 0.0625. The minimum absolute atomic E-state index is 0.209. The number of hydrazone groups is 1. The summed E-state index contributed by atoms with van der Waals surface area (Å²) < 4.78 is 0. The molecule has 0 aliphatic rings. The first kappa shape index (κ1) is 13.7. The number of hydrogen-bond acceptors (Lipinski definition) is 3. The van der Waals surface area contributed by atoms with Crippen LogP contribution in [0.15, 0.2) is 65.8 Å². The molecule has 1 N–H and O–H groups in total. The number of carbonyl (C=O) groups is 2. The molecule has 0 saturated heterocycles. The van der Waals surface area contributed by atoms with Crippen molar-refractivity contribution in [1.82, 2.24) is 5.43 Å². The van der Waals surface area contributed by atoms with E-state index >= 15 is 0 Å². The van der Waals surface area contributed by atoms with Crippen LogP contribution < -0.4 is 5.43 Å². The maximum absolute atomic E-state index is 12.0. The molecule has 0 aliphatic heterocycles. The number of Topliss-reactive ketones (excluding diaryl/α,β-unsaturated/α-hetero) is 1. The van der Waals surface area contributed by atoms with Crippen LogP contribution in [0.3, 0.4) is 0 Å². The summed E-state index contributed by atoms with van der Waals surface area (Å²) in [5.41, 5.74) is 3.65. The third-order valence-corrected chi connectivity index (χ3v) is 2.73. The maximum Gasteiger partial charge on any atom is 0.271 e. The van der Waals surface area contributed by atoms with Gasteiger partial charge in [0.25, 0.3) is 5.91 Å². The van der Waals surface area contributed by atoms with E-state index in [9.17, 15) is 9.59 Å². The monoisotopic (exact) mass is 266 g/mol. The van der Waals surface area contributed by atoms with Crippen molar-refractivity contribution >= 4 is 17.4 Å². The lowest BCUT2D eigenvalue weighted by molar-refractivity contribution is 0.0954. The average molecular weight is 266 g/mol. The van der Waals surface area contributed by atoms with Crippen molar-refractivity contribution in [3.05, 3.63) is 71.8 Å². The number of carbonyl (C=O) groups excluding carboxylic acids is 2. The lowest BCUT2D eigenvalue weighted by atomic mass is 10.1. The van der Waals surface area contributed by atoms with Crippen molar-refractivity contribution in [1.29, 1.82) is 0 Å². The molecule has 4 nitrogen and oxygen atoms in total. The first-order chi connectivity index (χ1) is 9.68. The van der Waals surface area contributed by atoms with E-state index in [-0.39, 0.29) is 17.4 Å². The number of ketones is 1. The first-order valence-corrected chi connectivity index (χ1v) is 6.18. The largest absolute Gasteiger partial charge is 0.287 e. The van der Waals surface area contributed by atoms with E-state index in [4.69, 9.17) is 0 Å².